The average molecular weight is 365 g/mol. The maximum atomic E-state index is 12.9. The Labute approximate surface area is 156 Å². The fourth-order valence-corrected chi connectivity index (χ4v) is 2.74. The molecule has 0 aliphatic carbocycles. The van der Waals surface area contributed by atoms with Crippen molar-refractivity contribution < 1.29 is 23.8 Å². The molecule has 0 radical (unpaired) electrons. The van der Waals surface area contributed by atoms with Gasteiger partial charge in [-0.1, -0.05) is 20.8 Å². The van der Waals surface area contributed by atoms with Crippen LogP contribution in [-0.2, 0) is 14.3 Å². The Balaban J connectivity index is 3.05. The highest BCUT2D eigenvalue weighted by Crippen LogP contribution is 2.27. The average Bonchev–Trinajstić information content (AvgIpc) is 2.59. The second-order valence-electron chi connectivity index (χ2n) is 6.77. The van der Waals surface area contributed by atoms with Gasteiger partial charge in [0.2, 0.25) is 0 Å². The molecule has 0 spiro atoms. The van der Waals surface area contributed by atoms with Gasteiger partial charge in [0.25, 0.3) is 5.91 Å². The zero-order valence-electron chi connectivity index (χ0n) is 16.7. The molecule has 6 heteroatoms. The Morgan fingerprint density at radius 2 is 1.92 bits per heavy atom. The van der Waals surface area contributed by atoms with E-state index in [2.05, 4.69) is 5.32 Å². The summed E-state index contributed by atoms with van der Waals surface area (Å²) in [6.45, 7) is 10.4. The molecule has 0 fully saturated rings. The van der Waals surface area contributed by atoms with Crippen LogP contribution in [0.2, 0.25) is 0 Å². The molecular weight excluding hydrogens is 334 g/mol. The van der Waals surface area contributed by atoms with Crippen molar-refractivity contribution in [1.29, 1.82) is 0 Å². The summed E-state index contributed by atoms with van der Waals surface area (Å²) in [6.07, 6.45) is 1.43. The van der Waals surface area contributed by atoms with Crippen molar-refractivity contribution >= 4 is 17.6 Å². The van der Waals surface area contributed by atoms with Crippen LogP contribution in [0.5, 0.6) is 5.75 Å². The third kappa shape index (κ3) is 6.02. The molecule has 0 saturated heterocycles. The minimum Gasteiger partial charge on any atom is -0.496 e. The molecule has 0 aliphatic heterocycles. The van der Waals surface area contributed by atoms with E-state index >= 15 is 0 Å². The van der Waals surface area contributed by atoms with Gasteiger partial charge in [-0.3, -0.25) is 4.79 Å². The van der Waals surface area contributed by atoms with Crippen LogP contribution in [0.15, 0.2) is 18.2 Å². The highest BCUT2D eigenvalue weighted by Gasteiger charge is 2.35. The van der Waals surface area contributed by atoms with E-state index in [-0.39, 0.29) is 18.1 Å². The summed E-state index contributed by atoms with van der Waals surface area (Å²) in [4.78, 5) is 25.0. The molecule has 6 nitrogen and oxygen atoms in total. The lowest BCUT2D eigenvalue weighted by Crippen LogP contribution is -2.44. The van der Waals surface area contributed by atoms with Crippen molar-refractivity contribution in [2.24, 2.45) is 5.92 Å². The van der Waals surface area contributed by atoms with Crippen LogP contribution in [-0.4, -0.2) is 37.8 Å². The van der Waals surface area contributed by atoms with Crippen molar-refractivity contribution in [3.8, 4) is 5.75 Å². The van der Waals surface area contributed by atoms with Gasteiger partial charge in [0.15, 0.2) is 0 Å². The highest BCUT2D eigenvalue weighted by atomic mass is 16.5. The summed E-state index contributed by atoms with van der Waals surface area (Å²) in [6, 6.07) is 4.88. The first-order valence-corrected chi connectivity index (χ1v) is 9.07. The number of amides is 1. The second kappa shape index (κ2) is 10.2. The molecule has 0 bridgehead atoms. The summed E-state index contributed by atoms with van der Waals surface area (Å²) in [5.41, 5.74) is -0.171. The Morgan fingerprint density at radius 3 is 2.46 bits per heavy atom. The van der Waals surface area contributed by atoms with Crippen LogP contribution < -0.4 is 10.1 Å². The molecule has 146 valence electrons. The number of methoxy groups -OCH3 is 1. The molecular formula is C20H31NO5. The van der Waals surface area contributed by atoms with Crippen LogP contribution in [0, 0.1) is 5.92 Å². The van der Waals surface area contributed by atoms with Gasteiger partial charge in [-0.25, -0.2) is 4.79 Å². The first kappa shape index (κ1) is 22.0. The first-order valence-electron chi connectivity index (χ1n) is 9.07. The number of nitrogens with one attached hydrogen (secondary N) is 1. The zero-order valence-corrected chi connectivity index (χ0v) is 16.7. The number of esters is 1. The van der Waals surface area contributed by atoms with E-state index in [1.807, 2.05) is 20.8 Å². The van der Waals surface area contributed by atoms with Crippen LogP contribution in [0.25, 0.3) is 0 Å². The number of benzene rings is 1. The topological polar surface area (TPSA) is 73.9 Å². The van der Waals surface area contributed by atoms with Crippen LogP contribution in [0.1, 0.15) is 57.8 Å². The molecule has 0 aromatic heterocycles. The summed E-state index contributed by atoms with van der Waals surface area (Å²) in [5.74, 6) is -0.0329. The SMILES string of the molecule is CCCO[C@](C)(CC(C)C)C(=O)Nc1ccc(OC)c(C(=O)OCC)c1. The Kier molecular flexibility index (Phi) is 8.58. The molecule has 1 rings (SSSR count). The third-order valence-electron chi connectivity index (χ3n) is 3.86. The van der Waals surface area contributed by atoms with Crippen LogP contribution in [0.4, 0.5) is 5.69 Å². The monoisotopic (exact) mass is 365 g/mol. The van der Waals surface area contributed by atoms with E-state index in [1.165, 1.54) is 7.11 Å². The molecule has 1 amide bonds. The molecule has 1 atom stereocenters. The van der Waals surface area contributed by atoms with E-state index in [0.29, 0.717) is 30.4 Å². The summed E-state index contributed by atoms with van der Waals surface area (Å²) in [7, 11) is 1.48. The lowest BCUT2D eigenvalue weighted by molar-refractivity contribution is -0.141. The predicted molar refractivity (Wildman–Crippen MR) is 102 cm³/mol. The molecule has 1 aromatic rings. The smallest absolute Gasteiger partial charge is 0.341 e. The predicted octanol–water partition coefficient (Wildman–Crippen LogP) is 4.04. The van der Waals surface area contributed by atoms with Gasteiger partial charge in [-0.05, 0) is 50.8 Å². The maximum Gasteiger partial charge on any atom is 0.341 e. The van der Waals surface area contributed by atoms with Crippen molar-refractivity contribution in [2.75, 3.05) is 25.6 Å². The Bertz CT molecular complexity index is 614. The van der Waals surface area contributed by atoms with Gasteiger partial charge < -0.3 is 19.5 Å². The van der Waals surface area contributed by atoms with E-state index in [0.717, 1.165) is 6.42 Å². The van der Waals surface area contributed by atoms with E-state index in [9.17, 15) is 9.59 Å². The van der Waals surface area contributed by atoms with E-state index in [4.69, 9.17) is 14.2 Å². The number of hydrogen-bond acceptors (Lipinski definition) is 5. The molecule has 26 heavy (non-hydrogen) atoms. The van der Waals surface area contributed by atoms with Crippen LogP contribution >= 0.6 is 0 Å². The largest absolute Gasteiger partial charge is 0.496 e. The lowest BCUT2D eigenvalue weighted by Gasteiger charge is -2.30. The van der Waals surface area contributed by atoms with Gasteiger partial charge in [0.1, 0.15) is 16.9 Å². The number of hydrogen-bond donors (Lipinski definition) is 1. The summed E-state index contributed by atoms with van der Waals surface area (Å²) >= 11 is 0. The number of anilines is 1. The summed E-state index contributed by atoms with van der Waals surface area (Å²) in [5, 5.41) is 2.86. The zero-order chi connectivity index (χ0) is 19.7. The third-order valence-corrected chi connectivity index (χ3v) is 3.86. The molecule has 1 aromatic carbocycles. The molecule has 1 N–H and O–H groups in total. The van der Waals surface area contributed by atoms with Gasteiger partial charge in [-0.2, -0.15) is 0 Å². The van der Waals surface area contributed by atoms with E-state index < -0.39 is 11.6 Å². The molecule has 0 heterocycles. The second-order valence-corrected chi connectivity index (χ2v) is 6.77. The summed E-state index contributed by atoms with van der Waals surface area (Å²) < 4.78 is 16.1. The maximum absolute atomic E-state index is 12.9. The lowest BCUT2D eigenvalue weighted by atomic mass is 9.93. The quantitative estimate of drug-likeness (QED) is 0.633. The van der Waals surface area contributed by atoms with Gasteiger partial charge in [0, 0.05) is 12.3 Å². The minimum absolute atomic E-state index is 0.236. The van der Waals surface area contributed by atoms with Crippen molar-refractivity contribution in [1.82, 2.24) is 0 Å². The number of carbonyl (C=O) groups is 2. The molecule has 0 aliphatic rings. The van der Waals surface area contributed by atoms with Crippen molar-refractivity contribution in [3.05, 3.63) is 23.8 Å². The van der Waals surface area contributed by atoms with E-state index in [1.54, 1.807) is 32.0 Å². The molecule has 0 saturated carbocycles. The highest BCUT2D eigenvalue weighted by molar-refractivity contribution is 5.99. The van der Waals surface area contributed by atoms with Crippen LogP contribution in [0.3, 0.4) is 0 Å². The fourth-order valence-electron chi connectivity index (χ4n) is 2.74. The first-order chi connectivity index (χ1) is 12.3. The normalized spacial score (nSPS) is 13.2. The number of ether oxygens (including phenoxy) is 3. The molecule has 0 unspecified atom stereocenters. The van der Waals surface area contributed by atoms with Gasteiger partial charge in [-0.15, -0.1) is 0 Å². The Hall–Kier alpha value is -2.08. The number of rotatable bonds is 10. The minimum atomic E-state index is -0.936. The standard InChI is InChI=1S/C20H31NO5/c1-7-11-26-20(5,13-14(3)4)19(23)21-15-9-10-17(24-6)16(12-15)18(22)25-8-2/h9-10,12,14H,7-8,11,13H2,1-6H3,(H,21,23)/t20-/m1/s1. The van der Waals surface area contributed by atoms with Gasteiger partial charge in [0.05, 0.1) is 13.7 Å². The fraction of sp³-hybridized carbons (Fsp3) is 0.600. The number of carbonyl (C=O) groups excluding carboxylic acids is 2. The van der Waals surface area contributed by atoms with Gasteiger partial charge >= 0.3 is 5.97 Å². The van der Waals surface area contributed by atoms with Crippen molar-refractivity contribution in [2.45, 2.75) is 53.1 Å². The van der Waals surface area contributed by atoms with Crippen molar-refractivity contribution in [3.63, 3.8) is 0 Å². The Morgan fingerprint density at radius 1 is 1.23 bits per heavy atom.